The summed E-state index contributed by atoms with van der Waals surface area (Å²) in [6.45, 7) is 1.90. The van der Waals surface area contributed by atoms with Gasteiger partial charge in [0.1, 0.15) is 18.1 Å². The maximum absolute atomic E-state index is 12.2. The third-order valence-electron chi connectivity index (χ3n) is 4.06. The number of rotatable bonds is 5. The predicted molar refractivity (Wildman–Crippen MR) is 104 cm³/mol. The summed E-state index contributed by atoms with van der Waals surface area (Å²) >= 11 is 0. The molecular formula is C21H17N3O4. The largest absolute Gasteiger partial charge is 0.487 e. The van der Waals surface area contributed by atoms with Crippen molar-refractivity contribution in [2.24, 2.45) is 0 Å². The lowest BCUT2D eigenvalue weighted by molar-refractivity contribution is 0.102. The molecule has 0 spiro atoms. The van der Waals surface area contributed by atoms with Crippen LogP contribution in [0.15, 0.2) is 76.0 Å². The Bertz CT molecular complexity index is 1180. The molecule has 0 atom stereocenters. The summed E-state index contributed by atoms with van der Waals surface area (Å²) in [4.78, 5) is 28.5. The number of aryl methyl sites for hydroxylation is 1. The lowest BCUT2D eigenvalue weighted by Gasteiger charge is -2.08. The van der Waals surface area contributed by atoms with Gasteiger partial charge in [0.05, 0.1) is 5.69 Å². The van der Waals surface area contributed by atoms with Gasteiger partial charge in [-0.2, -0.15) is 0 Å². The molecule has 7 heteroatoms. The molecule has 0 aliphatic carbocycles. The number of anilines is 1. The molecule has 1 N–H and O–H groups in total. The molecule has 7 nitrogen and oxygen atoms in total. The molecule has 2 aromatic heterocycles. The van der Waals surface area contributed by atoms with Crippen LogP contribution in [-0.2, 0) is 6.61 Å². The molecule has 0 radical (unpaired) electrons. The van der Waals surface area contributed by atoms with Crippen LogP contribution >= 0.6 is 0 Å². The van der Waals surface area contributed by atoms with E-state index in [0.717, 1.165) is 4.57 Å². The normalized spacial score (nSPS) is 10.8. The van der Waals surface area contributed by atoms with Crippen LogP contribution < -0.4 is 15.6 Å². The summed E-state index contributed by atoms with van der Waals surface area (Å²) < 4.78 is 12.1. The zero-order chi connectivity index (χ0) is 19.5. The highest BCUT2D eigenvalue weighted by Crippen LogP contribution is 2.17. The average molecular weight is 375 g/mol. The Balaban J connectivity index is 1.41. The number of aromatic nitrogens is 2. The Hall–Kier alpha value is -3.87. The number of fused-ring (bicyclic) bond motifs is 1. The topological polar surface area (TPSA) is 85.8 Å². The maximum Gasteiger partial charge on any atom is 0.287 e. The Kier molecular flexibility index (Phi) is 4.63. The SMILES string of the molecule is Cc1cc2nc(COc3ccc(NC(=O)c4ccccc4)cc3)cc(=O)n2o1. The standard InChI is InChI=1S/C21H17N3O4/c1-14-11-19-22-17(12-20(25)24(19)28-14)13-27-18-9-7-16(8-10-18)23-21(26)15-5-3-2-4-6-15/h2-12H,13H2,1H3,(H,23,26). The second kappa shape index (κ2) is 7.40. The van der Waals surface area contributed by atoms with Crippen molar-refractivity contribution in [3.8, 4) is 5.75 Å². The van der Waals surface area contributed by atoms with Crippen molar-refractivity contribution in [2.45, 2.75) is 13.5 Å². The van der Waals surface area contributed by atoms with E-state index in [1.807, 2.05) is 18.2 Å². The zero-order valence-electron chi connectivity index (χ0n) is 15.1. The molecule has 0 fully saturated rings. The highest BCUT2D eigenvalue weighted by molar-refractivity contribution is 6.04. The Morgan fingerprint density at radius 1 is 1.11 bits per heavy atom. The van der Waals surface area contributed by atoms with Crippen LogP contribution in [0.2, 0.25) is 0 Å². The first-order chi connectivity index (χ1) is 13.6. The first kappa shape index (κ1) is 17.5. The van der Waals surface area contributed by atoms with Gasteiger partial charge in [0.2, 0.25) is 0 Å². The molecule has 28 heavy (non-hydrogen) atoms. The van der Waals surface area contributed by atoms with Gasteiger partial charge < -0.3 is 14.6 Å². The molecule has 0 bridgehead atoms. The van der Waals surface area contributed by atoms with Crippen LogP contribution in [0.5, 0.6) is 5.75 Å². The average Bonchev–Trinajstić information content (AvgIpc) is 3.09. The summed E-state index contributed by atoms with van der Waals surface area (Å²) in [5.74, 6) is 1.03. The molecule has 140 valence electrons. The predicted octanol–water partition coefficient (Wildman–Crippen LogP) is 3.43. The van der Waals surface area contributed by atoms with Gasteiger partial charge in [0, 0.05) is 23.4 Å². The van der Waals surface area contributed by atoms with Crippen LogP contribution in [0, 0.1) is 6.92 Å². The summed E-state index contributed by atoms with van der Waals surface area (Å²) in [6.07, 6.45) is 0. The first-order valence-corrected chi connectivity index (χ1v) is 8.67. The third-order valence-corrected chi connectivity index (χ3v) is 4.06. The van der Waals surface area contributed by atoms with E-state index < -0.39 is 0 Å². The van der Waals surface area contributed by atoms with E-state index in [2.05, 4.69) is 10.3 Å². The number of hydrogen-bond donors (Lipinski definition) is 1. The fourth-order valence-corrected chi connectivity index (χ4v) is 2.73. The summed E-state index contributed by atoms with van der Waals surface area (Å²) in [7, 11) is 0. The smallest absolute Gasteiger partial charge is 0.287 e. The number of carbonyl (C=O) groups is 1. The molecule has 0 saturated carbocycles. The van der Waals surface area contributed by atoms with Crippen LogP contribution in [0.4, 0.5) is 5.69 Å². The van der Waals surface area contributed by atoms with E-state index in [1.165, 1.54) is 6.07 Å². The monoisotopic (exact) mass is 375 g/mol. The van der Waals surface area contributed by atoms with Gasteiger partial charge >= 0.3 is 0 Å². The lowest BCUT2D eigenvalue weighted by Crippen LogP contribution is -2.14. The Morgan fingerprint density at radius 2 is 1.86 bits per heavy atom. The summed E-state index contributed by atoms with van der Waals surface area (Å²) in [6, 6.07) is 19.0. The van der Waals surface area contributed by atoms with E-state index in [-0.39, 0.29) is 18.1 Å². The van der Waals surface area contributed by atoms with Crippen molar-refractivity contribution in [3.63, 3.8) is 0 Å². The minimum absolute atomic E-state index is 0.145. The van der Waals surface area contributed by atoms with Gasteiger partial charge in [-0.3, -0.25) is 9.59 Å². The molecule has 2 heterocycles. The molecule has 4 aromatic rings. The third kappa shape index (κ3) is 3.78. The highest BCUT2D eigenvalue weighted by atomic mass is 16.5. The number of benzene rings is 2. The van der Waals surface area contributed by atoms with Crippen LogP contribution in [0.3, 0.4) is 0 Å². The number of amides is 1. The fraction of sp³-hybridized carbons (Fsp3) is 0.0952. The van der Waals surface area contributed by atoms with E-state index in [9.17, 15) is 9.59 Å². The van der Waals surface area contributed by atoms with E-state index in [1.54, 1.807) is 49.4 Å². The fourth-order valence-electron chi connectivity index (χ4n) is 2.73. The van der Waals surface area contributed by atoms with Gasteiger partial charge in [-0.1, -0.05) is 18.2 Å². The number of carbonyl (C=O) groups excluding carboxylic acids is 1. The number of hydrogen-bond acceptors (Lipinski definition) is 5. The second-order valence-electron chi connectivity index (χ2n) is 6.22. The van der Waals surface area contributed by atoms with Crippen molar-refractivity contribution in [1.82, 2.24) is 9.56 Å². The summed E-state index contributed by atoms with van der Waals surface area (Å²) in [5.41, 5.74) is 1.91. The second-order valence-corrected chi connectivity index (χ2v) is 6.22. The van der Waals surface area contributed by atoms with Gasteiger partial charge in [-0.25, -0.2) is 4.98 Å². The molecule has 2 aromatic carbocycles. The van der Waals surface area contributed by atoms with Gasteiger partial charge in [0.25, 0.3) is 11.5 Å². The highest BCUT2D eigenvalue weighted by Gasteiger charge is 2.08. The van der Waals surface area contributed by atoms with Crippen LogP contribution in [0.1, 0.15) is 21.8 Å². The minimum atomic E-state index is -0.296. The van der Waals surface area contributed by atoms with Crippen molar-refractivity contribution in [3.05, 3.63) is 94.1 Å². The Morgan fingerprint density at radius 3 is 2.61 bits per heavy atom. The quantitative estimate of drug-likeness (QED) is 0.578. The van der Waals surface area contributed by atoms with Gasteiger partial charge in [-0.15, -0.1) is 4.57 Å². The van der Waals surface area contributed by atoms with Crippen LogP contribution in [-0.4, -0.2) is 15.5 Å². The van der Waals surface area contributed by atoms with E-state index in [0.29, 0.717) is 34.1 Å². The Labute approximate surface area is 160 Å². The van der Waals surface area contributed by atoms with Gasteiger partial charge in [0.15, 0.2) is 5.65 Å². The first-order valence-electron chi connectivity index (χ1n) is 8.67. The minimum Gasteiger partial charge on any atom is -0.487 e. The van der Waals surface area contributed by atoms with Crippen LogP contribution in [0.25, 0.3) is 5.65 Å². The van der Waals surface area contributed by atoms with E-state index in [4.69, 9.17) is 9.26 Å². The molecule has 0 aliphatic heterocycles. The number of nitrogens with zero attached hydrogens (tertiary/aromatic N) is 2. The van der Waals surface area contributed by atoms with Crippen molar-refractivity contribution < 1.29 is 14.1 Å². The number of nitrogens with one attached hydrogen (secondary N) is 1. The zero-order valence-corrected chi connectivity index (χ0v) is 15.1. The maximum atomic E-state index is 12.2. The van der Waals surface area contributed by atoms with Gasteiger partial charge in [-0.05, 0) is 43.3 Å². The van der Waals surface area contributed by atoms with Crippen molar-refractivity contribution >= 4 is 17.2 Å². The molecular weight excluding hydrogens is 358 g/mol. The molecule has 1 amide bonds. The van der Waals surface area contributed by atoms with Crippen molar-refractivity contribution in [2.75, 3.05) is 5.32 Å². The summed E-state index contributed by atoms with van der Waals surface area (Å²) in [5, 5.41) is 2.83. The number of ether oxygens (including phenoxy) is 1. The lowest BCUT2D eigenvalue weighted by atomic mass is 10.2. The molecule has 0 aliphatic rings. The van der Waals surface area contributed by atoms with E-state index >= 15 is 0 Å². The molecule has 0 saturated heterocycles. The molecule has 4 rings (SSSR count). The molecule has 0 unspecified atom stereocenters. The van der Waals surface area contributed by atoms with Crippen molar-refractivity contribution in [1.29, 1.82) is 0 Å².